The summed E-state index contributed by atoms with van der Waals surface area (Å²) in [6.45, 7) is 1.87. The second-order valence-electron chi connectivity index (χ2n) is 4.46. The molecule has 0 saturated carbocycles. The molecule has 7 heteroatoms. The van der Waals surface area contributed by atoms with E-state index in [9.17, 15) is 4.79 Å². The molecule has 0 aliphatic heterocycles. The van der Waals surface area contributed by atoms with Crippen LogP contribution in [-0.4, -0.2) is 10.9 Å². The van der Waals surface area contributed by atoms with Crippen molar-refractivity contribution in [2.24, 2.45) is 5.84 Å². The minimum atomic E-state index is -0.275. The van der Waals surface area contributed by atoms with E-state index in [1.54, 1.807) is 12.1 Å². The van der Waals surface area contributed by atoms with Crippen molar-refractivity contribution in [1.82, 2.24) is 10.3 Å². The average molecular weight is 325 g/mol. The number of hydrogen-bond donors (Lipinski definition) is 3. The highest BCUT2D eigenvalue weighted by Gasteiger charge is 2.13. The lowest BCUT2D eigenvalue weighted by atomic mass is 10.1. The molecule has 4 N–H and O–H groups in total. The number of amides is 1. The van der Waals surface area contributed by atoms with Crippen LogP contribution in [0.2, 0.25) is 10.2 Å². The molecule has 110 valence electrons. The second-order valence-corrected chi connectivity index (χ2v) is 5.28. The maximum absolute atomic E-state index is 12.2. The lowest BCUT2D eigenvalue weighted by Crippen LogP contribution is -2.27. The number of nitrogen functional groups attached to an aromatic ring is 1. The van der Waals surface area contributed by atoms with Gasteiger partial charge >= 0.3 is 0 Å². The van der Waals surface area contributed by atoms with Gasteiger partial charge in [-0.15, -0.1) is 0 Å². The van der Waals surface area contributed by atoms with Crippen LogP contribution in [0.4, 0.5) is 5.82 Å². The van der Waals surface area contributed by atoms with E-state index in [4.69, 9.17) is 29.0 Å². The topological polar surface area (TPSA) is 80.0 Å². The second kappa shape index (κ2) is 6.76. The summed E-state index contributed by atoms with van der Waals surface area (Å²) in [5.74, 6) is 5.33. The predicted octanol–water partition coefficient (Wildman–Crippen LogP) is 3.17. The van der Waals surface area contributed by atoms with Crippen LogP contribution < -0.4 is 16.6 Å². The number of nitrogens with two attached hydrogens (primary N) is 1. The van der Waals surface area contributed by atoms with Crippen LogP contribution in [0.15, 0.2) is 36.4 Å². The number of carbonyl (C=O) groups excluding carboxylic acids is 1. The van der Waals surface area contributed by atoms with Crippen molar-refractivity contribution in [3.8, 4) is 0 Å². The van der Waals surface area contributed by atoms with E-state index in [1.807, 2.05) is 19.1 Å². The largest absolute Gasteiger partial charge is 0.346 e. The Kier molecular flexibility index (Phi) is 5.01. The number of nitrogens with one attached hydrogen (secondary N) is 2. The van der Waals surface area contributed by atoms with Gasteiger partial charge in [0.2, 0.25) is 0 Å². The Labute approximate surface area is 132 Å². The maximum Gasteiger partial charge on any atom is 0.251 e. The van der Waals surface area contributed by atoms with E-state index in [-0.39, 0.29) is 17.1 Å². The molecule has 0 radical (unpaired) electrons. The monoisotopic (exact) mass is 324 g/mol. The van der Waals surface area contributed by atoms with Gasteiger partial charge in [-0.3, -0.25) is 4.79 Å². The molecule has 2 aromatic rings. The summed E-state index contributed by atoms with van der Waals surface area (Å²) >= 11 is 11.8. The fraction of sp³-hybridized carbons (Fsp3) is 0.143. The van der Waals surface area contributed by atoms with E-state index in [0.29, 0.717) is 16.4 Å². The third-order valence-electron chi connectivity index (χ3n) is 2.90. The van der Waals surface area contributed by atoms with E-state index in [2.05, 4.69) is 15.7 Å². The molecule has 0 bridgehead atoms. The first-order valence-corrected chi connectivity index (χ1v) is 6.95. The zero-order valence-electron chi connectivity index (χ0n) is 11.2. The van der Waals surface area contributed by atoms with Crippen LogP contribution in [0.5, 0.6) is 0 Å². The van der Waals surface area contributed by atoms with Gasteiger partial charge in [0.15, 0.2) is 0 Å². The van der Waals surface area contributed by atoms with Gasteiger partial charge in [0.25, 0.3) is 5.91 Å². The highest BCUT2D eigenvalue weighted by Crippen LogP contribution is 2.19. The number of hydrogen-bond acceptors (Lipinski definition) is 4. The summed E-state index contributed by atoms with van der Waals surface area (Å²) in [5.41, 5.74) is 3.64. The number of halogens is 2. The number of pyridine rings is 1. The van der Waals surface area contributed by atoms with Crippen molar-refractivity contribution < 1.29 is 4.79 Å². The van der Waals surface area contributed by atoms with Gasteiger partial charge in [0.05, 0.1) is 6.04 Å². The molecular weight excluding hydrogens is 311 g/mol. The summed E-state index contributed by atoms with van der Waals surface area (Å²) in [6.07, 6.45) is 0. The van der Waals surface area contributed by atoms with Gasteiger partial charge in [-0.05, 0) is 36.8 Å². The number of nitrogens with zero attached hydrogens (tertiary/aromatic N) is 1. The zero-order valence-corrected chi connectivity index (χ0v) is 12.7. The molecule has 1 aromatic carbocycles. The van der Waals surface area contributed by atoms with Crippen molar-refractivity contribution in [2.75, 3.05) is 5.43 Å². The van der Waals surface area contributed by atoms with Crippen molar-refractivity contribution in [1.29, 1.82) is 0 Å². The van der Waals surface area contributed by atoms with Gasteiger partial charge in [-0.1, -0.05) is 35.3 Å². The summed E-state index contributed by atoms with van der Waals surface area (Å²) in [6, 6.07) is 10.1. The smallest absolute Gasteiger partial charge is 0.251 e. The molecule has 1 unspecified atom stereocenters. The molecular formula is C14H14Cl2N4O. The van der Waals surface area contributed by atoms with Crippen molar-refractivity contribution >= 4 is 34.9 Å². The van der Waals surface area contributed by atoms with Crippen molar-refractivity contribution in [3.63, 3.8) is 0 Å². The standard InChI is InChI=1S/C14H14Cl2N4O/c1-8(9-3-2-4-11(15)5-9)18-14(21)10-6-12(16)19-13(7-10)20-17/h2-8H,17H2,1H3,(H,18,21)(H,19,20). The van der Waals surface area contributed by atoms with E-state index >= 15 is 0 Å². The lowest BCUT2D eigenvalue weighted by molar-refractivity contribution is 0.0940. The fourth-order valence-corrected chi connectivity index (χ4v) is 2.25. The SMILES string of the molecule is CC(NC(=O)c1cc(Cl)nc(NN)c1)c1cccc(Cl)c1. The molecule has 2 rings (SSSR count). The molecule has 0 aliphatic rings. The first-order chi connectivity index (χ1) is 9.99. The molecule has 0 saturated heterocycles. The molecule has 0 fully saturated rings. The van der Waals surface area contributed by atoms with Gasteiger partial charge in [0.1, 0.15) is 11.0 Å². The Bertz CT molecular complexity index is 663. The number of anilines is 1. The maximum atomic E-state index is 12.2. The summed E-state index contributed by atoms with van der Waals surface area (Å²) in [7, 11) is 0. The Morgan fingerprint density at radius 1 is 1.29 bits per heavy atom. The number of hydrazine groups is 1. The molecule has 0 spiro atoms. The number of rotatable bonds is 4. The van der Waals surface area contributed by atoms with Crippen LogP contribution in [-0.2, 0) is 0 Å². The lowest BCUT2D eigenvalue weighted by Gasteiger charge is -2.15. The number of carbonyl (C=O) groups is 1. The molecule has 1 atom stereocenters. The van der Waals surface area contributed by atoms with Gasteiger partial charge in [-0.2, -0.15) is 0 Å². The van der Waals surface area contributed by atoms with E-state index < -0.39 is 0 Å². The number of benzene rings is 1. The minimum absolute atomic E-state index is 0.186. The van der Waals surface area contributed by atoms with E-state index in [0.717, 1.165) is 5.56 Å². The third-order valence-corrected chi connectivity index (χ3v) is 3.33. The predicted molar refractivity (Wildman–Crippen MR) is 84.4 cm³/mol. The van der Waals surface area contributed by atoms with Gasteiger partial charge in [0, 0.05) is 10.6 Å². The van der Waals surface area contributed by atoms with Gasteiger partial charge in [-0.25, -0.2) is 10.8 Å². The zero-order chi connectivity index (χ0) is 15.4. The van der Waals surface area contributed by atoms with Crippen LogP contribution >= 0.6 is 23.2 Å². The van der Waals surface area contributed by atoms with E-state index in [1.165, 1.54) is 12.1 Å². The van der Waals surface area contributed by atoms with Gasteiger partial charge < -0.3 is 10.7 Å². The molecule has 0 aliphatic carbocycles. The molecule has 1 aromatic heterocycles. The molecule has 1 amide bonds. The average Bonchev–Trinajstić information content (AvgIpc) is 2.46. The third kappa shape index (κ3) is 4.07. The Morgan fingerprint density at radius 3 is 2.71 bits per heavy atom. The highest BCUT2D eigenvalue weighted by molar-refractivity contribution is 6.30. The van der Waals surface area contributed by atoms with Crippen LogP contribution in [0.1, 0.15) is 28.9 Å². The quantitative estimate of drug-likeness (QED) is 0.458. The molecule has 5 nitrogen and oxygen atoms in total. The normalized spacial score (nSPS) is 11.8. The van der Waals surface area contributed by atoms with Crippen molar-refractivity contribution in [3.05, 3.63) is 57.7 Å². The fourth-order valence-electron chi connectivity index (χ4n) is 1.84. The highest BCUT2D eigenvalue weighted by atomic mass is 35.5. The van der Waals surface area contributed by atoms with Crippen LogP contribution in [0.3, 0.4) is 0 Å². The number of aromatic nitrogens is 1. The Hall–Kier alpha value is -1.82. The van der Waals surface area contributed by atoms with Crippen LogP contribution in [0.25, 0.3) is 0 Å². The molecule has 1 heterocycles. The Morgan fingerprint density at radius 2 is 2.05 bits per heavy atom. The Balaban J connectivity index is 2.16. The molecule has 21 heavy (non-hydrogen) atoms. The summed E-state index contributed by atoms with van der Waals surface area (Å²) < 4.78 is 0. The summed E-state index contributed by atoms with van der Waals surface area (Å²) in [5, 5.41) is 3.67. The first-order valence-electron chi connectivity index (χ1n) is 6.20. The minimum Gasteiger partial charge on any atom is -0.346 e. The summed E-state index contributed by atoms with van der Waals surface area (Å²) in [4.78, 5) is 16.2. The van der Waals surface area contributed by atoms with Crippen molar-refractivity contribution in [2.45, 2.75) is 13.0 Å². The van der Waals surface area contributed by atoms with Crippen LogP contribution in [0, 0.1) is 0 Å². The first kappa shape index (κ1) is 15.6.